The average Bonchev–Trinajstić information content (AvgIpc) is 2.77. The van der Waals surface area contributed by atoms with E-state index in [-0.39, 0.29) is 12.6 Å². The molecule has 1 N–H and O–H groups in total. The Morgan fingerprint density at radius 2 is 1.77 bits per heavy atom. The highest BCUT2D eigenvalue weighted by Gasteiger charge is 2.21. The fourth-order valence-electron chi connectivity index (χ4n) is 3.54. The van der Waals surface area contributed by atoms with Crippen LogP contribution in [0.5, 0.6) is 17.2 Å². The first-order valence-corrected chi connectivity index (χ1v) is 10.1. The summed E-state index contributed by atoms with van der Waals surface area (Å²) in [6, 6.07) is 10.8. The molecule has 7 heteroatoms. The number of aliphatic hydroxyl groups excluding tert-OH is 1. The van der Waals surface area contributed by atoms with E-state index in [0.29, 0.717) is 30.2 Å². The second-order valence-corrected chi connectivity index (χ2v) is 7.17. The van der Waals surface area contributed by atoms with E-state index >= 15 is 0 Å². The summed E-state index contributed by atoms with van der Waals surface area (Å²) in [4.78, 5) is 13.9. The topological polar surface area (TPSA) is 77.5 Å². The highest BCUT2D eigenvalue weighted by atomic mass is 16.5. The van der Waals surface area contributed by atoms with Gasteiger partial charge in [-0.2, -0.15) is 0 Å². The Morgan fingerprint density at radius 1 is 1.10 bits per heavy atom. The number of hydrogen-bond donors (Lipinski definition) is 1. The molecule has 1 aliphatic heterocycles. The summed E-state index contributed by atoms with van der Waals surface area (Å²) in [5.74, 6) is 1.70. The van der Waals surface area contributed by atoms with Crippen molar-refractivity contribution in [1.82, 2.24) is 4.90 Å². The number of hydrogen-bond acceptors (Lipinski definition) is 7. The number of aliphatic hydroxyl groups is 1. The van der Waals surface area contributed by atoms with Crippen LogP contribution in [0.25, 0.3) is 0 Å². The SMILES string of the molecule is CCOC(=O)c1ccc(OCC(O)CN2CCc3cc(OC)c(OC)cc3C2)cc1. The van der Waals surface area contributed by atoms with Crippen LogP contribution in [0.3, 0.4) is 0 Å². The summed E-state index contributed by atoms with van der Waals surface area (Å²) in [5.41, 5.74) is 2.90. The number of rotatable bonds is 9. The zero-order chi connectivity index (χ0) is 21.5. The Morgan fingerprint density at radius 3 is 2.40 bits per heavy atom. The molecule has 0 amide bonds. The van der Waals surface area contributed by atoms with Crippen LogP contribution in [-0.4, -0.2) is 62.6 Å². The van der Waals surface area contributed by atoms with Gasteiger partial charge >= 0.3 is 5.97 Å². The second-order valence-electron chi connectivity index (χ2n) is 7.17. The average molecular weight is 415 g/mol. The largest absolute Gasteiger partial charge is 0.493 e. The number of esters is 1. The predicted molar refractivity (Wildman–Crippen MR) is 112 cm³/mol. The maximum Gasteiger partial charge on any atom is 0.338 e. The highest BCUT2D eigenvalue weighted by molar-refractivity contribution is 5.89. The van der Waals surface area contributed by atoms with Gasteiger partial charge in [-0.3, -0.25) is 4.90 Å². The van der Waals surface area contributed by atoms with Crippen LogP contribution in [0.1, 0.15) is 28.4 Å². The van der Waals surface area contributed by atoms with Crippen LogP contribution < -0.4 is 14.2 Å². The summed E-state index contributed by atoms with van der Waals surface area (Å²) in [5, 5.41) is 10.4. The molecule has 162 valence electrons. The number of ether oxygens (including phenoxy) is 4. The maximum atomic E-state index is 11.7. The van der Waals surface area contributed by atoms with Crippen molar-refractivity contribution >= 4 is 5.97 Å². The summed E-state index contributed by atoms with van der Waals surface area (Å²) in [7, 11) is 3.27. The summed E-state index contributed by atoms with van der Waals surface area (Å²) in [6.45, 7) is 4.38. The first-order chi connectivity index (χ1) is 14.5. The first kappa shape index (κ1) is 21.9. The van der Waals surface area contributed by atoms with Crippen LogP contribution >= 0.6 is 0 Å². The van der Waals surface area contributed by atoms with Gasteiger partial charge in [0.15, 0.2) is 11.5 Å². The van der Waals surface area contributed by atoms with Gasteiger partial charge in [0, 0.05) is 19.6 Å². The van der Waals surface area contributed by atoms with Crippen molar-refractivity contribution in [3.63, 3.8) is 0 Å². The van der Waals surface area contributed by atoms with Crippen LogP contribution in [0.15, 0.2) is 36.4 Å². The minimum Gasteiger partial charge on any atom is -0.493 e. The Hall–Kier alpha value is -2.77. The highest BCUT2D eigenvalue weighted by Crippen LogP contribution is 2.33. The molecular weight excluding hydrogens is 386 g/mol. The van der Waals surface area contributed by atoms with Gasteiger partial charge in [0.2, 0.25) is 0 Å². The summed E-state index contributed by atoms with van der Waals surface area (Å²) in [6.07, 6.45) is 0.259. The smallest absolute Gasteiger partial charge is 0.338 e. The maximum absolute atomic E-state index is 11.7. The third-order valence-electron chi connectivity index (χ3n) is 5.07. The minimum absolute atomic E-state index is 0.175. The third-order valence-corrected chi connectivity index (χ3v) is 5.07. The van der Waals surface area contributed by atoms with E-state index in [9.17, 15) is 9.90 Å². The molecule has 3 rings (SSSR count). The van der Waals surface area contributed by atoms with Gasteiger partial charge in [-0.05, 0) is 60.9 Å². The number of methoxy groups -OCH3 is 2. The number of carbonyl (C=O) groups excluding carboxylic acids is 1. The number of carbonyl (C=O) groups is 1. The lowest BCUT2D eigenvalue weighted by molar-refractivity contribution is 0.0525. The molecule has 0 saturated heterocycles. The van der Waals surface area contributed by atoms with Gasteiger partial charge < -0.3 is 24.1 Å². The van der Waals surface area contributed by atoms with Crippen molar-refractivity contribution in [3.05, 3.63) is 53.1 Å². The van der Waals surface area contributed by atoms with Gasteiger partial charge in [-0.1, -0.05) is 0 Å². The third kappa shape index (κ3) is 5.43. The molecule has 2 aromatic carbocycles. The van der Waals surface area contributed by atoms with E-state index in [0.717, 1.165) is 25.3 Å². The molecule has 1 unspecified atom stereocenters. The van der Waals surface area contributed by atoms with E-state index in [1.165, 1.54) is 11.1 Å². The number of fused-ring (bicyclic) bond motifs is 1. The Balaban J connectivity index is 1.51. The molecule has 0 saturated carbocycles. The lowest BCUT2D eigenvalue weighted by atomic mass is 9.98. The fraction of sp³-hybridized carbons (Fsp3) is 0.435. The number of β-amino-alcohol motifs (C(OH)–C–C–N with tert-alkyl or cyclic N) is 1. The molecule has 1 atom stereocenters. The van der Waals surface area contributed by atoms with Crippen LogP contribution in [0, 0.1) is 0 Å². The molecule has 7 nitrogen and oxygen atoms in total. The van der Waals surface area contributed by atoms with Crippen LogP contribution in [0.4, 0.5) is 0 Å². The standard InChI is InChI=1S/C23H29NO6/c1-4-29-23(26)16-5-7-20(8-6-16)30-15-19(25)14-24-10-9-17-11-21(27-2)22(28-3)12-18(17)13-24/h5-8,11-12,19,25H,4,9-10,13-15H2,1-3H3. The van der Waals surface area contributed by atoms with Gasteiger partial charge in [-0.25, -0.2) is 4.79 Å². The van der Waals surface area contributed by atoms with Crippen molar-refractivity contribution in [3.8, 4) is 17.2 Å². The van der Waals surface area contributed by atoms with E-state index in [1.807, 2.05) is 12.1 Å². The molecule has 1 aliphatic rings. The molecule has 0 aliphatic carbocycles. The first-order valence-electron chi connectivity index (χ1n) is 10.1. The molecule has 2 aromatic rings. The Bertz CT molecular complexity index is 852. The summed E-state index contributed by atoms with van der Waals surface area (Å²) < 4.78 is 21.4. The van der Waals surface area contributed by atoms with Crippen LogP contribution in [-0.2, 0) is 17.7 Å². The van der Waals surface area contributed by atoms with Crippen molar-refractivity contribution < 1.29 is 28.8 Å². The predicted octanol–water partition coefficient (Wildman–Crippen LogP) is 2.68. The lowest BCUT2D eigenvalue weighted by Crippen LogP contribution is -2.38. The number of benzene rings is 2. The minimum atomic E-state index is -0.628. The van der Waals surface area contributed by atoms with E-state index in [1.54, 1.807) is 45.4 Å². The quantitative estimate of drug-likeness (QED) is 0.631. The zero-order valence-corrected chi connectivity index (χ0v) is 17.7. The van der Waals surface area contributed by atoms with Crippen molar-refractivity contribution in [2.45, 2.75) is 26.0 Å². The summed E-state index contributed by atoms with van der Waals surface area (Å²) >= 11 is 0. The molecule has 30 heavy (non-hydrogen) atoms. The van der Waals surface area contributed by atoms with Gasteiger partial charge in [0.25, 0.3) is 0 Å². The van der Waals surface area contributed by atoms with Gasteiger partial charge in [0.1, 0.15) is 18.5 Å². The molecular formula is C23H29NO6. The van der Waals surface area contributed by atoms with Gasteiger partial charge in [-0.15, -0.1) is 0 Å². The Kier molecular flexibility index (Phi) is 7.54. The van der Waals surface area contributed by atoms with Crippen LogP contribution in [0.2, 0.25) is 0 Å². The van der Waals surface area contributed by atoms with Crippen molar-refractivity contribution in [2.75, 3.05) is 40.5 Å². The van der Waals surface area contributed by atoms with E-state index in [2.05, 4.69) is 4.90 Å². The zero-order valence-electron chi connectivity index (χ0n) is 17.7. The Labute approximate surface area is 177 Å². The molecule has 1 heterocycles. The molecule has 0 spiro atoms. The molecule has 0 fully saturated rings. The van der Waals surface area contributed by atoms with E-state index < -0.39 is 6.10 Å². The number of nitrogens with zero attached hydrogens (tertiary/aromatic N) is 1. The molecule has 0 aromatic heterocycles. The second kappa shape index (κ2) is 10.3. The van der Waals surface area contributed by atoms with Gasteiger partial charge in [0.05, 0.1) is 26.4 Å². The van der Waals surface area contributed by atoms with Crippen molar-refractivity contribution in [1.29, 1.82) is 0 Å². The fourth-order valence-corrected chi connectivity index (χ4v) is 3.54. The molecule has 0 radical (unpaired) electrons. The lowest BCUT2D eigenvalue weighted by Gasteiger charge is -2.31. The monoisotopic (exact) mass is 415 g/mol. The van der Waals surface area contributed by atoms with Crippen molar-refractivity contribution in [2.24, 2.45) is 0 Å². The van der Waals surface area contributed by atoms with E-state index in [4.69, 9.17) is 18.9 Å². The normalized spacial score (nSPS) is 14.5. The molecule has 0 bridgehead atoms.